The Bertz CT molecular complexity index is 766. The summed E-state index contributed by atoms with van der Waals surface area (Å²) in [5, 5.41) is 10.9. The first-order valence-corrected chi connectivity index (χ1v) is 6.55. The van der Waals surface area contributed by atoms with Crippen molar-refractivity contribution in [3.05, 3.63) is 44.8 Å². The number of nitrogens with zero attached hydrogens (tertiary/aromatic N) is 2. The lowest BCUT2D eigenvalue weighted by atomic mass is 10.3. The Balaban J connectivity index is 2.71. The molecule has 0 fully saturated rings. The predicted molar refractivity (Wildman–Crippen MR) is 72.9 cm³/mol. The van der Waals surface area contributed by atoms with Gasteiger partial charge in [0.15, 0.2) is 9.88 Å². The van der Waals surface area contributed by atoms with E-state index in [-0.39, 0.29) is 10.7 Å². The molecule has 0 saturated carbocycles. The lowest BCUT2D eigenvalue weighted by molar-refractivity contribution is -0.386. The molecule has 0 N–H and O–H groups in total. The fourth-order valence-electron chi connectivity index (χ4n) is 1.77. The van der Waals surface area contributed by atoms with Crippen LogP contribution in [0.4, 0.5) is 10.1 Å². The summed E-state index contributed by atoms with van der Waals surface area (Å²) in [6.07, 6.45) is 1.32. The van der Waals surface area contributed by atoms with E-state index in [1.807, 2.05) is 0 Å². The summed E-state index contributed by atoms with van der Waals surface area (Å²) in [6, 6.07) is 2.79. The summed E-state index contributed by atoms with van der Waals surface area (Å²) in [5.74, 6) is -3.10. The topological polar surface area (TPSA) is 101 Å². The molecule has 0 aliphatic carbocycles. The molecule has 8 nitrogen and oxygen atoms in total. The van der Waals surface area contributed by atoms with Gasteiger partial charge in [-0.15, -0.1) is 11.3 Å². The molecule has 0 aliphatic rings. The minimum absolute atomic E-state index is 0.0386. The quantitative estimate of drug-likeness (QED) is 0.484. The molecule has 116 valence electrons. The summed E-state index contributed by atoms with van der Waals surface area (Å²) in [4.78, 5) is 32.7. The molecular weight excluding hydrogens is 319 g/mol. The number of esters is 2. The first-order chi connectivity index (χ1) is 10.4. The van der Waals surface area contributed by atoms with Gasteiger partial charge in [0.1, 0.15) is 5.69 Å². The fourth-order valence-corrected chi connectivity index (χ4v) is 2.83. The summed E-state index contributed by atoms with van der Waals surface area (Å²) in [7, 11) is 2.17. The Hall–Kier alpha value is -2.75. The average Bonchev–Trinajstić information content (AvgIpc) is 3.09. The highest BCUT2D eigenvalue weighted by Crippen LogP contribution is 2.38. The van der Waals surface area contributed by atoms with Gasteiger partial charge >= 0.3 is 17.6 Å². The largest absolute Gasteiger partial charge is 0.465 e. The molecule has 0 saturated heterocycles. The molecule has 0 unspecified atom stereocenters. The van der Waals surface area contributed by atoms with Crippen molar-refractivity contribution in [2.24, 2.45) is 0 Å². The molecule has 22 heavy (non-hydrogen) atoms. The molecule has 10 heteroatoms. The van der Waals surface area contributed by atoms with Crippen LogP contribution in [0, 0.1) is 15.9 Å². The number of hydrogen-bond donors (Lipinski definition) is 0. The van der Waals surface area contributed by atoms with Crippen molar-refractivity contribution in [1.29, 1.82) is 0 Å². The second-order valence-electron chi connectivity index (χ2n) is 3.90. The summed E-state index contributed by atoms with van der Waals surface area (Å²) in [5.41, 5.74) is -0.949. The van der Waals surface area contributed by atoms with Gasteiger partial charge in [0, 0.05) is 6.20 Å². The van der Waals surface area contributed by atoms with Crippen molar-refractivity contribution in [2.45, 2.75) is 0 Å². The van der Waals surface area contributed by atoms with E-state index in [4.69, 9.17) is 0 Å². The number of methoxy groups -OCH3 is 2. The van der Waals surface area contributed by atoms with Gasteiger partial charge < -0.3 is 9.47 Å². The van der Waals surface area contributed by atoms with E-state index in [0.29, 0.717) is 11.3 Å². The van der Waals surface area contributed by atoms with Gasteiger partial charge in [-0.05, 0) is 12.1 Å². The highest BCUT2D eigenvalue weighted by molar-refractivity contribution is 7.17. The first-order valence-electron chi connectivity index (χ1n) is 5.73. The summed E-state index contributed by atoms with van der Waals surface area (Å²) >= 11 is 0.511. The molecule has 0 spiro atoms. The molecule has 2 aromatic heterocycles. The SMILES string of the molecule is COC(=O)c1sc(-n2cccc2C(=O)OC)c([N+](=O)[O-])c1F. The second-order valence-corrected chi connectivity index (χ2v) is 4.90. The van der Waals surface area contributed by atoms with E-state index >= 15 is 0 Å². The zero-order valence-electron chi connectivity index (χ0n) is 11.4. The first kappa shape index (κ1) is 15.6. The fraction of sp³-hybridized carbons (Fsp3) is 0.167. The normalized spacial score (nSPS) is 10.3. The third-order valence-corrected chi connectivity index (χ3v) is 3.86. The van der Waals surface area contributed by atoms with Crippen LogP contribution in [-0.2, 0) is 9.47 Å². The van der Waals surface area contributed by atoms with Crippen LogP contribution in [0.2, 0.25) is 0 Å². The third-order valence-electron chi connectivity index (χ3n) is 2.72. The number of thiophene rings is 1. The number of nitro groups is 1. The number of ether oxygens (including phenoxy) is 2. The zero-order valence-corrected chi connectivity index (χ0v) is 12.2. The van der Waals surface area contributed by atoms with E-state index in [0.717, 1.165) is 18.8 Å². The van der Waals surface area contributed by atoms with E-state index < -0.39 is 33.2 Å². The maximum absolute atomic E-state index is 14.1. The van der Waals surface area contributed by atoms with Gasteiger partial charge in [-0.2, -0.15) is 4.39 Å². The third kappa shape index (κ3) is 2.44. The molecule has 0 amide bonds. The molecule has 0 atom stereocenters. The smallest absolute Gasteiger partial charge is 0.355 e. The molecule has 2 heterocycles. The second kappa shape index (κ2) is 5.93. The van der Waals surface area contributed by atoms with E-state index in [9.17, 15) is 24.1 Å². The number of aromatic nitrogens is 1. The van der Waals surface area contributed by atoms with Crippen molar-refractivity contribution in [3.63, 3.8) is 0 Å². The van der Waals surface area contributed by atoms with Crippen molar-refractivity contribution in [1.82, 2.24) is 4.57 Å². The van der Waals surface area contributed by atoms with E-state index in [2.05, 4.69) is 9.47 Å². The van der Waals surface area contributed by atoms with Crippen molar-refractivity contribution in [3.8, 4) is 5.00 Å². The van der Waals surface area contributed by atoms with Gasteiger partial charge in [-0.3, -0.25) is 14.7 Å². The Morgan fingerprint density at radius 2 is 1.95 bits per heavy atom. The van der Waals surface area contributed by atoms with Crippen LogP contribution in [0.1, 0.15) is 20.2 Å². The number of halogens is 1. The zero-order chi connectivity index (χ0) is 16.4. The Labute approximate surface area is 126 Å². The maximum atomic E-state index is 14.1. The highest BCUT2D eigenvalue weighted by Gasteiger charge is 2.34. The Morgan fingerprint density at radius 3 is 2.50 bits per heavy atom. The highest BCUT2D eigenvalue weighted by atomic mass is 32.1. The molecular formula is C12H9FN2O6S. The lowest BCUT2D eigenvalue weighted by Gasteiger charge is -2.04. The Kier molecular flexibility index (Phi) is 4.22. The van der Waals surface area contributed by atoms with Crippen molar-refractivity contribution in [2.75, 3.05) is 14.2 Å². The lowest BCUT2D eigenvalue weighted by Crippen LogP contribution is -2.08. The molecule has 0 aromatic carbocycles. The summed E-state index contributed by atoms with van der Waals surface area (Å²) in [6.45, 7) is 0. The molecule has 0 aliphatic heterocycles. The van der Waals surface area contributed by atoms with Crippen LogP contribution >= 0.6 is 11.3 Å². The molecule has 2 rings (SSSR count). The standard InChI is InChI=1S/C12H9FN2O6S/c1-20-11(16)6-4-3-5-14(6)10-8(15(18)19)7(13)9(22-10)12(17)21-2/h3-5H,1-2H3. The van der Waals surface area contributed by atoms with E-state index in [1.165, 1.54) is 18.3 Å². The summed E-state index contributed by atoms with van der Waals surface area (Å²) < 4.78 is 24.2. The predicted octanol–water partition coefficient (Wildman–Crippen LogP) is 2.16. The number of carbonyl (C=O) groups is 2. The Morgan fingerprint density at radius 1 is 1.32 bits per heavy atom. The maximum Gasteiger partial charge on any atom is 0.355 e. The molecule has 0 radical (unpaired) electrons. The average molecular weight is 328 g/mol. The van der Waals surface area contributed by atoms with Gasteiger partial charge in [0.2, 0.25) is 5.82 Å². The number of carbonyl (C=O) groups excluding carboxylic acids is 2. The monoisotopic (exact) mass is 328 g/mol. The minimum atomic E-state index is -1.30. The van der Waals surface area contributed by atoms with Gasteiger partial charge in [-0.1, -0.05) is 0 Å². The van der Waals surface area contributed by atoms with Gasteiger partial charge in [-0.25, -0.2) is 9.59 Å². The van der Waals surface area contributed by atoms with Crippen LogP contribution < -0.4 is 0 Å². The van der Waals surface area contributed by atoms with Gasteiger partial charge in [0.25, 0.3) is 0 Å². The molecule has 0 bridgehead atoms. The number of rotatable bonds is 4. The molecule has 2 aromatic rings. The minimum Gasteiger partial charge on any atom is -0.465 e. The van der Waals surface area contributed by atoms with Crippen LogP contribution in [0.3, 0.4) is 0 Å². The van der Waals surface area contributed by atoms with Crippen molar-refractivity contribution >= 4 is 29.0 Å². The van der Waals surface area contributed by atoms with Crippen LogP contribution in [-0.4, -0.2) is 35.6 Å². The van der Waals surface area contributed by atoms with Gasteiger partial charge in [0.05, 0.1) is 19.1 Å². The van der Waals surface area contributed by atoms with Crippen molar-refractivity contribution < 1.29 is 28.4 Å². The number of hydrogen-bond acceptors (Lipinski definition) is 7. The van der Waals surface area contributed by atoms with Crippen LogP contribution in [0.15, 0.2) is 18.3 Å². The van der Waals surface area contributed by atoms with E-state index in [1.54, 1.807) is 0 Å². The van der Waals surface area contributed by atoms with Crippen LogP contribution in [0.25, 0.3) is 5.00 Å². The van der Waals surface area contributed by atoms with Crippen LogP contribution in [0.5, 0.6) is 0 Å².